The van der Waals surface area contributed by atoms with Crippen LogP contribution in [0.3, 0.4) is 0 Å². The first-order valence-electron chi connectivity index (χ1n) is 3.76. The van der Waals surface area contributed by atoms with Crippen LogP contribution in [0.1, 0.15) is 12.5 Å². The molecule has 0 saturated heterocycles. The van der Waals surface area contributed by atoms with Gasteiger partial charge in [-0.2, -0.15) is 0 Å². The summed E-state index contributed by atoms with van der Waals surface area (Å²) in [6, 6.07) is 4.38. The minimum atomic E-state index is -0.705. The van der Waals surface area contributed by atoms with Gasteiger partial charge in [0.1, 0.15) is 18.2 Å². The first kappa shape index (κ1) is 9.64. The molecule has 0 saturated carbocycles. The molecule has 0 spiro atoms. The number of nitrogens with zero attached hydrogens (tertiary/aromatic N) is 1. The Hall–Kier alpha value is -1.45. The predicted molar refractivity (Wildman–Crippen MR) is 44.4 cm³/mol. The number of halogens is 2. The predicted octanol–water partition coefficient (Wildman–Crippen LogP) is 2.14. The van der Waals surface area contributed by atoms with Crippen LogP contribution in [-0.4, -0.2) is 12.8 Å². The first-order chi connectivity index (χ1) is 6.25. The zero-order valence-electron chi connectivity index (χ0n) is 7.05. The Kier molecular flexibility index (Phi) is 3.37. The molecule has 0 bridgehead atoms. The van der Waals surface area contributed by atoms with Crippen molar-refractivity contribution in [1.82, 2.24) is 0 Å². The first-order valence-corrected chi connectivity index (χ1v) is 3.76. The lowest BCUT2D eigenvalue weighted by molar-refractivity contribution is 0.160. The highest BCUT2D eigenvalue weighted by Crippen LogP contribution is 2.08. The summed E-state index contributed by atoms with van der Waals surface area (Å²) in [6.07, 6.45) is 1.00. The molecule has 0 unspecified atom stereocenters. The van der Waals surface area contributed by atoms with Gasteiger partial charge in [-0.05, 0) is 25.1 Å². The summed E-state index contributed by atoms with van der Waals surface area (Å²) in [6.45, 7) is 2.08. The number of hydrogen-bond donors (Lipinski definition) is 0. The molecule has 2 nitrogen and oxygen atoms in total. The second-order valence-electron chi connectivity index (χ2n) is 2.22. The lowest BCUT2D eigenvalue weighted by Gasteiger charge is -1.96. The Labute approximate surface area is 74.8 Å². The molecular formula is C9H8F2NO. The van der Waals surface area contributed by atoms with Crippen molar-refractivity contribution in [2.45, 2.75) is 6.92 Å². The Morgan fingerprint density at radius 1 is 1.46 bits per heavy atom. The number of benzene rings is 1. The van der Waals surface area contributed by atoms with Crippen LogP contribution in [0.2, 0.25) is 0 Å². The fourth-order valence-corrected chi connectivity index (χ4v) is 0.745. The molecule has 13 heavy (non-hydrogen) atoms. The molecule has 0 aliphatic rings. The van der Waals surface area contributed by atoms with E-state index in [9.17, 15) is 8.78 Å². The summed E-state index contributed by atoms with van der Waals surface area (Å²) in [4.78, 5) is 4.57. The molecule has 69 valence electrons. The summed E-state index contributed by atoms with van der Waals surface area (Å²) in [5.74, 6) is -1.41. The van der Waals surface area contributed by atoms with Crippen LogP contribution in [0.5, 0.6) is 0 Å². The summed E-state index contributed by atoms with van der Waals surface area (Å²) >= 11 is 0. The van der Waals surface area contributed by atoms with Gasteiger partial charge in [0.2, 0.25) is 0 Å². The van der Waals surface area contributed by atoms with Gasteiger partial charge in [0.05, 0.1) is 11.8 Å². The van der Waals surface area contributed by atoms with E-state index in [2.05, 4.69) is 16.1 Å². The van der Waals surface area contributed by atoms with Gasteiger partial charge in [0.25, 0.3) is 0 Å². The maximum atomic E-state index is 12.9. The molecule has 1 aromatic carbocycles. The van der Waals surface area contributed by atoms with Gasteiger partial charge in [-0.15, -0.1) is 0 Å². The Bertz CT molecular complexity index is 292. The number of rotatable bonds is 3. The minimum absolute atomic E-state index is 0.216. The highest BCUT2D eigenvalue weighted by atomic mass is 19.1. The molecule has 0 aliphatic carbocycles. The molecule has 1 aromatic rings. The van der Waals surface area contributed by atoms with Crippen LogP contribution < -0.4 is 0 Å². The van der Waals surface area contributed by atoms with Crippen LogP contribution in [0.4, 0.5) is 8.78 Å². The summed E-state index contributed by atoms with van der Waals surface area (Å²) < 4.78 is 25.7. The minimum Gasteiger partial charge on any atom is -0.396 e. The van der Waals surface area contributed by atoms with E-state index in [1.165, 1.54) is 0 Å². The Morgan fingerprint density at radius 3 is 2.62 bits per heavy atom. The molecule has 0 amide bonds. The van der Waals surface area contributed by atoms with E-state index in [1.54, 1.807) is 6.92 Å². The lowest BCUT2D eigenvalue weighted by atomic mass is 10.2. The molecule has 1 radical (unpaired) electrons. The van der Waals surface area contributed by atoms with E-state index < -0.39 is 11.6 Å². The summed E-state index contributed by atoms with van der Waals surface area (Å²) in [5.41, 5.74) is -0.216. The Morgan fingerprint density at radius 2 is 2.08 bits per heavy atom. The van der Waals surface area contributed by atoms with Crippen molar-refractivity contribution in [2.24, 2.45) is 5.16 Å². The molecule has 1 rings (SSSR count). The largest absolute Gasteiger partial charge is 0.396 e. The molecule has 0 N–H and O–H groups in total. The van der Waals surface area contributed by atoms with Gasteiger partial charge >= 0.3 is 0 Å². The van der Waals surface area contributed by atoms with Crippen molar-refractivity contribution in [3.8, 4) is 0 Å². The van der Waals surface area contributed by atoms with Crippen LogP contribution in [-0.2, 0) is 4.84 Å². The topological polar surface area (TPSA) is 21.6 Å². The highest BCUT2D eigenvalue weighted by Gasteiger charge is 2.04. The van der Waals surface area contributed by atoms with Gasteiger partial charge in [-0.25, -0.2) is 8.78 Å². The third kappa shape index (κ3) is 2.50. The van der Waals surface area contributed by atoms with E-state index in [0.29, 0.717) is 6.61 Å². The number of oxime groups is 1. The van der Waals surface area contributed by atoms with Crippen LogP contribution >= 0.6 is 0 Å². The smallest absolute Gasteiger partial charge is 0.135 e. The fourth-order valence-electron chi connectivity index (χ4n) is 0.745. The van der Waals surface area contributed by atoms with Gasteiger partial charge in [-0.3, -0.25) is 0 Å². The monoisotopic (exact) mass is 184 g/mol. The zero-order valence-corrected chi connectivity index (χ0v) is 7.05. The average Bonchev–Trinajstić information content (AvgIpc) is 2.10. The third-order valence-corrected chi connectivity index (χ3v) is 1.32. The maximum absolute atomic E-state index is 12.9. The highest BCUT2D eigenvalue weighted by molar-refractivity contribution is 5.79. The molecule has 0 aromatic heterocycles. The van der Waals surface area contributed by atoms with E-state index in [0.717, 1.165) is 18.3 Å². The molecule has 0 fully saturated rings. The van der Waals surface area contributed by atoms with Crippen molar-refractivity contribution >= 4 is 6.21 Å². The fraction of sp³-hybridized carbons (Fsp3) is 0.222. The van der Waals surface area contributed by atoms with E-state index in [1.807, 2.05) is 0 Å². The summed E-state index contributed by atoms with van der Waals surface area (Å²) in [7, 11) is 0. The van der Waals surface area contributed by atoms with Crippen molar-refractivity contribution in [2.75, 3.05) is 6.61 Å². The molecule has 0 aliphatic heterocycles. The van der Waals surface area contributed by atoms with Gasteiger partial charge < -0.3 is 4.84 Å². The standard InChI is InChI=1S/C9H8F2NO/c1-2-13-12-6-7-8(10)4-3-5-9(7)11/h4-6H,2H2,1H3. The Balaban J connectivity index is 2.87. The molecule has 4 heteroatoms. The van der Waals surface area contributed by atoms with E-state index in [-0.39, 0.29) is 5.56 Å². The normalized spacial score (nSPS) is 10.7. The van der Waals surface area contributed by atoms with Crippen molar-refractivity contribution in [3.05, 3.63) is 35.4 Å². The van der Waals surface area contributed by atoms with Crippen molar-refractivity contribution in [1.29, 1.82) is 0 Å². The van der Waals surface area contributed by atoms with Gasteiger partial charge in [0.15, 0.2) is 0 Å². The van der Waals surface area contributed by atoms with Crippen molar-refractivity contribution < 1.29 is 13.6 Å². The second kappa shape index (κ2) is 4.54. The van der Waals surface area contributed by atoms with E-state index in [4.69, 9.17) is 0 Å². The quantitative estimate of drug-likeness (QED) is 0.521. The SMILES string of the molecule is CCON=Cc1c(F)c[c]cc1F. The van der Waals surface area contributed by atoms with Crippen LogP contribution in [0.15, 0.2) is 17.3 Å². The maximum Gasteiger partial charge on any atom is 0.135 e. The molecule has 0 heterocycles. The average molecular weight is 184 g/mol. The second-order valence-corrected chi connectivity index (χ2v) is 2.22. The number of hydrogen-bond acceptors (Lipinski definition) is 2. The van der Waals surface area contributed by atoms with Gasteiger partial charge in [-0.1, -0.05) is 5.16 Å². The summed E-state index contributed by atoms with van der Waals surface area (Å²) in [5, 5.41) is 3.36. The van der Waals surface area contributed by atoms with E-state index >= 15 is 0 Å². The molecular weight excluding hydrogens is 176 g/mol. The van der Waals surface area contributed by atoms with Crippen molar-refractivity contribution in [3.63, 3.8) is 0 Å². The lowest BCUT2D eigenvalue weighted by Crippen LogP contribution is -1.94. The van der Waals surface area contributed by atoms with Crippen LogP contribution in [0, 0.1) is 17.7 Å². The molecule has 0 atom stereocenters. The zero-order chi connectivity index (χ0) is 9.68. The van der Waals surface area contributed by atoms with Crippen LogP contribution in [0.25, 0.3) is 0 Å². The third-order valence-electron chi connectivity index (χ3n) is 1.32. The van der Waals surface area contributed by atoms with Gasteiger partial charge in [0, 0.05) is 0 Å².